The molecule has 0 bridgehead atoms. The molecule has 0 spiro atoms. The Hall–Kier alpha value is -2.16. The van der Waals surface area contributed by atoms with Crippen molar-refractivity contribution in [2.24, 2.45) is 5.92 Å². The molecule has 2 fully saturated rings. The third-order valence-corrected chi connectivity index (χ3v) is 6.70. The molecule has 2 atom stereocenters. The number of likely N-dealkylation sites (tertiary alicyclic amines) is 1. The van der Waals surface area contributed by atoms with E-state index in [0.717, 1.165) is 31.7 Å². The van der Waals surface area contributed by atoms with Crippen molar-refractivity contribution in [3.63, 3.8) is 0 Å². The van der Waals surface area contributed by atoms with Crippen LogP contribution in [0, 0.1) is 5.92 Å². The van der Waals surface area contributed by atoms with Gasteiger partial charge in [0.25, 0.3) is 5.71 Å². The summed E-state index contributed by atoms with van der Waals surface area (Å²) in [5.41, 5.74) is -0.170. The number of hydrogen-bond acceptors (Lipinski definition) is 5. The lowest BCUT2D eigenvalue weighted by Gasteiger charge is -2.36. The molecule has 1 saturated heterocycles. The van der Waals surface area contributed by atoms with Gasteiger partial charge in [-0.2, -0.15) is 13.2 Å². The highest BCUT2D eigenvalue weighted by atomic mass is 19.4. The van der Waals surface area contributed by atoms with E-state index in [1.807, 2.05) is 4.90 Å². The van der Waals surface area contributed by atoms with E-state index in [2.05, 4.69) is 10.1 Å². The van der Waals surface area contributed by atoms with Crippen LogP contribution in [0.4, 0.5) is 13.2 Å². The van der Waals surface area contributed by atoms with Crippen molar-refractivity contribution in [1.29, 1.82) is 0 Å². The molecule has 1 amide bonds. The second-order valence-electron chi connectivity index (χ2n) is 8.58. The van der Waals surface area contributed by atoms with Gasteiger partial charge in [0.2, 0.25) is 5.91 Å². The van der Waals surface area contributed by atoms with Crippen LogP contribution in [0.25, 0.3) is 11.1 Å². The van der Waals surface area contributed by atoms with Gasteiger partial charge in [-0.25, -0.2) is 4.98 Å². The number of aryl methyl sites for hydroxylation is 1. The maximum absolute atomic E-state index is 13.7. The van der Waals surface area contributed by atoms with E-state index in [-0.39, 0.29) is 34.9 Å². The largest absolute Gasteiger partial charge is 0.417 e. The number of hydrogen-bond donors (Lipinski definition) is 0. The summed E-state index contributed by atoms with van der Waals surface area (Å²) in [4.78, 5) is 19.0. The Morgan fingerprint density at radius 3 is 2.65 bits per heavy atom. The number of nitrogens with zero attached hydrogens (tertiary/aromatic N) is 3. The fraction of sp³-hybridized carbons (Fsp3) is 0.682. The van der Waals surface area contributed by atoms with Gasteiger partial charge >= 0.3 is 6.18 Å². The predicted octanol–water partition coefficient (Wildman–Crippen LogP) is 4.72. The summed E-state index contributed by atoms with van der Waals surface area (Å²) in [5.74, 6) is -0.0918. The number of halogens is 3. The molecule has 0 unspecified atom stereocenters. The fourth-order valence-corrected chi connectivity index (χ4v) is 4.92. The zero-order valence-corrected chi connectivity index (χ0v) is 17.9. The summed E-state index contributed by atoms with van der Waals surface area (Å²) in [6.07, 6.45) is 0.669. The Bertz CT molecular complexity index is 935. The SMILES string of the molecule is CCc1cc(C(F)(F)F)c2c(C3CCN(C(=O)[C@@H]4CCC[C@H](OC)C4)CC3)noc2n1. The van der Waals surface area contributed by atoms with Crippen LogP contribution in [0.2, 0.25) is 0 Å². The molecular formula is C22H28F3N3O3. The van der Waals surface area contributed by atoms with E-state index in [4.69, 9.17) is 9.26 Å². The molecule has 2 aliphatic rings. The molecule has 2 aromatic rings. The van der Waals surface area contributed by atoms with Gasteiger partial charge in [-0.15, -0.1) is 0 Å². The van der Waals surface area contributed by atoms with E-state index >= 15 is 0 Å². The molecule has 0 N–H and O–H groups in total. The van der Waals surface area contributed by atoms with E-state index in [1.165, 1.54) is 0 Å². The Morgan fingerprint density at radius 1 is 1.26 bits per heavy atom. The van der Waals surface area contributed by atoms with Gasteiger partial charge < -0.3 is 14.2 Å². The van der Waals surface area contributed by atoms with Crippen molar-refractivity contribution < 1.29 is 27.2 Å². The first-order valence-corrected chi connectivity index (χ1v) is 11.0. The highest BCUT2D eigenvalue weighted by molar-refractivity contribution is 5.82. The van der Waals surface area contributed by atoms with Crippen LogP contribution >= 0.6 is 0 Å². The first kappa shape index (κ1) is 22.0. The highest BCUT2D eigenvalue weighted by Crippen LogP contribution is 2.41. The number of carbonyl (C=O) groups is 1. The second kappa shape index (κ2) is 8.76. The lowest BCUT2D eigenvalue weighted by molar-refractivity contribution is -0.139. The Labute approximate surface area is 179 Å². The number of rotatable bonds is 4. The molecule has 3 heterocycles. The number of aromatic nitrogens is 2. The number of amides is 1. The van der Waals surface area contributed by atoms with Crippen molar-refractivity contribution in [3.05, 3.63) is 23.0 Å². The van der Waals surface area contributed by atoms with Crippen LogP contribution in [0.1, 0.15) is 68.3 Å². The minimum atomic E-state index is -4.51. The van der Waals surface area contributed by atoms with Gasteiger partial charge in [0.1, 0.15) is 0 Å². The fourth-order valence-electron chi connectivity index (χ4n) is 4.92. The van der Waals surface area contributed by atoms with E-state index in [9.17, 15) is 18.0 Å². The molecule has 6 nitrogen and oxygen atoms in total. The van der Waals surface area contributed by atoms with Crippen LogP contribution in [-0.4, -0.2) is 47.3 Å². The van der Waals surface area contributed by atoms with Crippen LogP contribution in [0.3, 0.4) is 0 Å². The zero-order chi connectivity index (χ0) is 22.2. The van der Waals surface area contributed by atoms with Crippen molar-refractivity contribution in [2.75, 3.05) is 20.2 Å². The van der Waals surface area contributed by atoms with Gasteiger partial charge in [-0.1, -0.05) is 18.5 Å². The topological polar surface area (TPSA) is 68.5 Å². The van der Waals surface area contributed by atoms with Gasteiger partial charge in [-0.3, -0.25) is 4.79 Å². The maximum atomic E-state index is 13.7. The first-order chi connectivity index (χ1) is 14.8. The molecule has 0 aromatic carbocycles. The molecule has 0 radical (unpaired) electrons. The average molecular weight is 439 g/mol. The molecular weight excluding hydrogens is 411 g/mol. The maximum Gasteiger partial charge on any atom is 0.417 e. The predicted molar refractivity (Wildman–Crippen MR) is 107 cm³/mol. The third-order valence-electron chi connectivity index (χ3n) is 6.70. The minimum absolute atomic E-state index is 0.0309. The minimum Gasteiger partial charge on any atom is -0.381 e. The van der Waals surface area contributed by atoms with Gasteiger partial charge in [0, 0.05) is 37.7 Å². The number of ether oxygens (including phenoxy) is 1. The standard InChI is InChI=1S/C22H28F3N3O3/c1-3-15-12-17(22(23,24)25)18-19(27-31-20(18)26-15)13-7-9-28(10-8-13)21(29)14-5-4-6-16(11-14)30-2/h12-14,16H,3-11H2,1-2H3/t14-,16+/m1/s1. The summed E-state index contributed by atoms with van der Waals surface area (Å²) < 4.78 is 51.9. The zero-order valence-electron chi connectivity index (χ0n) is 17.9. The summed E-state index contributed by atoms with van der Waals surface area (Å²) >= 11 is 0. The van der Waals surface area contributed by atoms with Crippen molar-refractivity contribution in [3.8, 4) is 0 Å². The molecule has 4 rings (SSSR count). The second-order valence-corrected chi connectivity index (χ2v) is 8.58. The molecule has 2 aromatic heterocycles. The monoisotopic (exact) mass is 439 g/mol. The Kier molecular flexibility index (Phi) is 6.23. The lowest BCUT2D eigenvalue weighted by Crippen LogP contribution is -2.43. The number of alkyl halides is 3. The highest BCUT2D eigenvalue weighted by Gasteiger charge is 2.38. The van der Waals surface area contributed by atoms with Crippen LogP contribution in [0.5, 0.6) is 0 Å². The molecule has 1 aliphatic carbocycles. The average Bonchev–Trinajstić information content (AvgIpc) is 3.21. The van der Waals surface area contributed by atoms with E-state index in [1.54, 1.807) is 14.0 Å². The number of methoxy groups -OCH3 is 1. The van der Waals surface area contributed by atoms with Crippen molar-refractivity contribution >= 4 is 17.0 Å². The summed E-state index contributed by atoms with van der Waals surface area (Å²) in [5, 5.41) is 3.95. The molecule has 9 heteroatoms. The van der Waals surface area contributed by atoms with Crippen LogP contribution in [0.15, 0.2) is 10.6 Å². The quantitative estimate of drug-likeness (QED) is 0.690. The number of pyridine rings is 1. The van der Waals surface area contributed by atoms with Gasteiger partial charge in [-0.05, 0) is 44.6 Å². The summed E-state index contributed by atoms with van der Waals surface area (Å²) in [6, 6.07) is 1.09. The molecule has 1 aliphatic heterocycles. The summed E-state index contributed by atoms with van der Waals surface area (Å²) in [7, 11) is 1.68. The Morgan fingerprint density at radius 2 is 2.00 bits per heavy atom. The number of fused-ring (bicyclic) bond motifs is 1. The van der Waals surface area contributed by atoms with E-state index < -0.39 is 11.7 Å². The van der Waals surface area contributed by atoms with Crippen molar-refractivity contribution in [2.45, 2.75) is 70.1 Å². The smallest absolute Gasteiger partial charge is 0.381 e. The number of carbonyl (C=O) groups excluding carboxylic acids is 1. The normalized spacial score (nSPS) is 23.5. The molecule has 31 heavy (non-hydrogen) atoms. The van der Waals surface area contributed by atoms with Crippen LogP contribution in [-0.2, 0) is 22.1 Å². The Balaban J connectivity index is 1.51. The van der Waals surface area contributed by atoms with E-state index in [0.29, 0.717) is 43.7 Å². The number of piperidine rings is 1. The third kappa shape index (κ3) is 4.42. The molecule has 170 valence electrons. The first-order valence-electron chi connectivity index (χ1n) is 11.0. The van der Waals surface area contributed by atoms with Crippen molar-refractivity contribution in [1.82, 2.24) is 15.0 Å². The van der Waals surface area contributed by atoms with Gasteiger partial charge in [0.05, 0.1) is 22.7 Å². The molecule has 1 saturated carbocycles. The van der Waals surface area contributed by atoms with Crippen LogP contribution < -0.4 is 0 Å². The lowest BCUT2D eigenvalue weighted by atomic mass is 9.85. The van der Waals surface area contributed by atoms with Gasteiger partial charge in [0.15, 0.2) is 0 Å². The summed E-state index contributed by atoms with van der Waals surface area (Å²) in [6.45, 7) is 2.77.